The zero-order valence-corrected chi connectivity index (χ0v) is 11.2. The summed E-state index contributed by atoms with van der Waals surface area (Å²) in [6.45, 7) is 2.30. The van der Waals surface area contributed by atoms with E-state index in [4.69, 9.17) is 0 Å². The van der Waals surface area contributed by atoms with Gasteiger partial charge in [0, 0.05) is 20.0 Å². The van der Waals surface area contributed by atoms with Crippen LogP contribution in [-0.2, 0) is 14.6 Å². The maximum atomic E-state index is 12.2. The highest BCUT2D eigenvalue weighted by Crippen LogP contribution is 2.29. The van der Waals surface area contributed by atoms with E-state index in [9.17, 15) is 13.2 Å². The summed E-state index contributed by atoms with van der Waals surface area (Å²) in [5, 5.41) is -0.483. The predicted molar refractivity (Wildman–Crippen MR) is 69.8 cm³/mol. The minimum Gasteiger partial charge on any atom is -0.342 e. The third kappa shape index (κ3) is 2.72. The molecule has 98 valence electrons. The minimum absolute atomic E-state index is 0.0478. The summed E-state index contributed by atoms with van der Waals surface area (Å²) < 4.78 is 24.5. The van der Waals surface area contributed by atoms with Crippen LogP contribution in [0.3, 0.4) is 0 Å². The Hall–Kier alpha value is -1.36. The summed E-state index contributed by atoms with van der Waals surface area (Å²) in [6.07, 6.45) is 0.478. The fourth-order valence-corrected chi connectivity index (χ4v) is 4.10. The molecule has 0 unspecified atom stereocenters. The minimum atomic E-state index is -3.17. The first kappa shape index (κ1) is 13.1. The molecule has 1 aromatic carbocycles. The number of hydrogen-bond donors (Lipinski definition) is 0. The monoisotopic (exact) mass is 267 g/mol. The SMILES string of the molecule is CC(=O)N1CC[C@H](c2ccccc2)S(=O)(=O)CC1. The van der Waals surface area contributed by atoms with Gasteiger partial charge in [0.2, 0.25) is 5.91 Å². The molecule has 1 amide bonds. The van der Waals surface area contributed by atoms with E-state index in [1.807, 2.05) is 30.3 Å². The van der Waals surface area contributed by atoms with E-state index >= 15 is 0 Å². The summed E-state index contributed by atoms with van der Waals surface area (Å²) >= 11 is 0. The molecule has 18 heavy (non-hydrogen) atoms. The number of carbonyl (C=O) groups excluding carboxylic acids is 1. The normalized spacial score (nSPS) is 23.4. The van der Waals surface area contributed by atoms with Gasteiger partial charge in [-0.25, -0.2) is 8.42 Å². The van der Waals surface area contributed by atoms with Gasteiger partial charge < -0.3 is 4.90 Å². The fraction of sp³-hybridized carbons (Fsp3) is 0.462. The fourth-order valence-electron chi connectivity index (χ4n) is 2.30. The molecule has 4 nitrogen and oxygen atoms in total. The van der Waals surface area contributed by atoms with Crippen molar-refractivity contribution in [2.24, 2.45) is 0 Å². The molecule has 1 atom stereocenters. The molecule has 1 aliphatic heterocycles. The first-order valence-electron chi connectivity index (χ1n) is 6.03. The smallest absolute Gasteiger partial charge is 0.219 e. The number of sulfone groups is 1. The lowest BCUT2D eigenvalue weighted by Crippen LogP contribution is -2.31. The molecule has 1 aliphatic rings. The van der Waals surface area contributed by atoms with Crippen molar-refractivity contribution >= 4 is 15.7 Å². The van der Waals surface area contributed by atoms with E-state index in [-0.39, 0.29) is 11.7 Å². The summed E-state index contributed by atoms with van der Waals surface area (Å²) in [5.74, 6) is -0.00880. The van der Waals surface area contributed by atoms with E-state index in [1.165, 1.54) is 6.92 Å². The van der Waals surface area contributed by atoms with E-state index in [0.29, 0.717) is 19.5 Å². The topological polar surface area (TPSA) is 54.5 Å². The Morgan fingerprint density at radius 2 is 1.89 bits per heavy atom. The van der Waals surface area contributed by atoms with Crippen molar-refractivity contribution in [1.29, 1.82) is 0 Å². The van der Waals surface area contributed by atoms with Crippen LogP contribution >= 0.6 is 0 Å². The molecule has 0 bridgehead atoms. The number of carbonyl (C=O) groups is 1. The van der Waals surface area contributed by atoms with Gasteiger partial charge in [-0.3, -0.25) is 4.79 Å². The van der Waals surface area contributed by atoms with E-state index in [0.717, 1.165) is 5.56 Å². The number of benzene rings is 1. The number of amides is 1. The number of nitrogens with zero attached hydrogens (tertiary/aromatic N) is 1. The highest BCUT2D eigenvalue weighted by Gasteiger charge is 2.31. The van der Waals surface area contributed by atoms with Crippen LogP contribution < -0.4 is 0 Å². The van der Waals surface area contributed by atoms with Crippen molar-refractivity contribution in [2.75, 3.05) is 18.8 Å². The van der Waals surface area contributed by atoms with Crippen molar-refractivity contribution in [1.82, 2.24) is 4.90 Å². The van der Waals surface area contributed by atoms with Gasteiger partial charge in [0.15, 0.2) is 9.84 Å². The Labute approximate surface area is 108 Å². The van der Waals surface area contributed by atoms with Gasteiger partial charge in [-0.05, 0) is 12.0 Å². The molecule has 1 aromatic rings. The second-order valence-corrected chi connectivity index (χ2v) is 6.86. The maximum absolute atomic E-state index is 12.2. The van der Waals surface area contributed by atoms with Crippen molar-refractivity contribution in [3.05, 3.63) is 35.9 Å². The van der Waals surface area contributed by atoms with Crippen molar-refractivity contribution in [3.63, 3.8) is 0 Å². The van der Waals surface area contributed by atoms with Crippen molar-refractivity contribution in [3.8, 4) is 0 Å². The van der Waals surface area contributed by atoms with Gasteiger partial charge in [0.1, 0.15) is 0 Å². The highest BCUT2D eigenvalue weighted by atomic mass is 32.2. The van der Waals surface area contributed by atoms with Gasteiger partial charge in [-0.15, -0.1) is 0 Å². The summed E-state index contributed by atoms with van der Waals surface area (Å²) in [4.78, 5) is 12.9. The average Bonchev–Trinajstić information content (AvgIpc) is 2.49. The summed E-state index contributed by atoms with van der Waals surface area (Å²) in [7, 11) is -3.17. The summed E-state index contributed by atoms with van der Waals surface area (Å²) in [6, 6.07) is 9.24. The largest absolute Gasteiger partial charge is 0.342 e. The molecule has 0 aromatic heterocycles. The van der Waals surface area contributed by atoms with Gasteiger partial charge in [-0.1, -0.05) is 30.3 Å². The van der Waals surface area contributed by atoms with Gasteiger partial charge in [0.05, 0.1) is 11.0 Å². The van der Waals surface area contributed by atoms with E-state index < -0.39 is 15.1 Å². The molecule has 0 N–H and O–H groups in total. The Kier molecular flexibility index (Phi) is 3.71. The maximum Gasteiger partial charge on any atom is 0.219 e. The predicted octanol–water partition coefficient (Wildman–Crippen LogP) is 1.39. The third-order valence-electron chi connectivity index (χ3n) is 3.36. The molecular formula is C13H17NO3S. The van der Waals surface area contributed by atoms with Crippen molar-refractivity contribution in [2.45, 2.75) is 18.6 Å². The Balaban J connectivity index is 2.28. The Morgan fingerprint density at radius 3 is 2.50 bits per heavy atom. The van der Waals surface area contributed by atoms with Crippen LogP contribution in [0.2, 0.25) is 0 Å². The zero-order chi connectivity index (χ0) is 13.2. The van der Waals surface area contributed by atoms with Crippen molar-refractivity contribution < 1.29 is 13.2 Å². The molecule has 0 aliphatic carbocycles. The second-order valence-electron chi connectivity index (χ2n) is 4.56. The van der Waals surface area contributed by atoms with Crippen LogP contribution in [0.25, 0.3) is 0 Å². The number of hydrogen-bond acceptors (Lipinski definition) is 3. The van der Waals surface area contributed by atoms with Gasteiger partial charge >= 0.3 is 0 Å². The van der Waals surface area contributed by atoms with Crippen LogP contribution in [0.5, 0.6) is 0 Å². The van der Waals surface area contributed by atoms with Gasteiger partial charge in [0.25, 0.3) is 0 Å². The Morgan fingerprint density at radius 1 is 1.22 bits per heavy atom. The molecule has 1 heterocycles. The summed E-state index contributed by atoms with van der Waals surface area (Å²) in [5.41, 5.74) is 0.822. The molecular weight excluding hydrogens is 250 g/mol. The first-order chi connectivity index (χ1) is 8.50. The Bertz CT molecular complexity index is 524. The molecule has 1 fully saturated rings. The van der Waals surface area contributed by atoms with Crippen LogP contribution in [0, 0.1) is 0 Å². The lowest BCUT2D eigenvalue weighted by atomic mass is 10.1. The average molecular weight is 267 g/mol. The quantitative estimate of drug-likeness (QED) is 0.772. The molecule has 0 radical (unpaired) electrons. The molecule has 1 saturated heterocycles. The molecule has 5 heteroatoms. The molecule has 2 rings (SSSR count). The van der Waals surface area contributed by atoms with Crippen LogP contribution in [0.4, 0.5) is 0 Å². The van der Waals surface area contributed by atoms with E-state index in [1.54, 1.807) is 4.90 Å². The standard InChI is InChI=1S/C13H17NO3S/c1-11(15)14-8-7-13(18(16,17)10-9-14)12-5-3-2-4-6-12/h2-6,13H,7-10H2,1H3/t13-/m1/s1. The highest BCUT2D eigenvalue weighted by molar-refractivity contribution is 7.91. The lowest BCUT2D eigenvalue weighted by Gasteiger charge is -2.17. The van der Waals surface area contributed by atoms with E-state index in [2.05, 4.69) is 0 Å². The second kappa shape index (κ2) is 5.10. The first-order valence-corrected chi connectivity index (χ1v) is 7.74. The molecule has 0 spiro atoms. The van der Waals surface area contributed by atoms with Crippen LogP contribution in [0.1, 0.15) is 24.2 Å². The van der Waals surface area contributed by atoms with Crippen LogP contribution in [0.15, 0.2) is 30.3 Å². The van der Waals surface area contributed by atoms with Crippen LogP contribution in [-0.4, -0.2) is 38.1 Å². The number of rotatable bonds is 1. The lowest BCUT2D eigenvalue weighted by molar-refractivity contribution is -0.128. The van der Waals surface area contributed by atoms with Gasteiger partial charge in [-0.2, -0.15) is 0 Å². The zero-order valence-electron chi connectivity index (χ0n) is 10.4. The molecule has 0 saturated carbocycles. The third-order valence-corrected chi connectivity index (χ3v) is 5.48.